The van der Waals surface area contributed by atoms with Crippen LogP contribution in [-0.2, 0) is 4.74 Å². The average Bonchev–Trinajstić information content (AvgIpc) is 2.75. The van der Waals surface area contributed by atoms with Gasteiger partial charge in [-0.25, -0.2) is 0 Å². The Bertz CT molecular complexity index is 251. The molecule has 0 radical (unpaired) electrons. The van der Waals surface area contributed by atoms with Gasteiger partial charge < -0.3 is 15.0 Å². The van der Waals surface area contributed by atoms with Gasteiger partial charge in [0, 0.05) is 25.7 Å². The Morgan fingerprint density at radius 1 is 1.44 bits per heavy atom. The summed E-state index contributed by atoms with van der Waals surface area (Å²) in [5.41, 5.74) is 0.128. The predicted octanol–water partition coefficient (Wildman–Crippen LogP) is 2.27. The van der Waals surface area contributed by atoms with Crippen LogP contribution in [0.4, 0.5) is 0 Å². The molecule has 2 aliphatic rings. The second-order valence-corrected chi connectivity index (χ2v) is 6.46. The molecular formula is C15H30N2O. The van der Waals surface area contributed by atoms with Crippen LogP contribution < -0.4 is 5.32 Å². The van der Waals surface area contributed by atoms with Crippen molar-refractivity contribution in [1.29, 1.82) is 0 Å². The number of ether oxygens (including phenoxy) is 1. The molecule has 2 saturated heterocycles. The van der Waals surface area contributed by atoms with Crippen LogP contribution in [0, 0.1) is 5.92 Å². The molecule has 0 aromatic rings. The minimum Gasteiger partial charge on any atom is -0.374 e. The van der Waals surface area contributed by atoms with Crippen LogP contribution in [0.15, 0.2) is 0 Å². The summed E-state index contributed by atoms with van der Waals surface area (Å²) >= 11 is 0. The first-order chi connectivity index (χ1) is 8.63. The molecule has 3 atom stereocenters. The minimum absolute atomic E-state index is 0.128. The van der Waals surface area contributed by atoms with Gasteiger partial charge in [-0.15, -0.1) is 0 Å². The third-order valence-electron chi connectivity index (χ3n) is 4.50. The Labute approximate surface area is 112 Å². The quantitative estimate of drug-likeness (QED) is 0.814. The molecule has 2 aliphatic heterocycles. The van der Waals surface area contributed by atoms with Gasteiger partial charge in [-0.2, -0.15) is 0 Å². The maximum absolute atomic E-state index is 5.91. The van der Waals surface area contributed by atoms with Gasteiger partial charge in [0.1, 0.15) is 0 Å². The van der Waals surface area contributed by atoms with Crippen molar-refractivity contribution in [2.24, 2.45) is 5.92 Å². The second-order valence-electron chi connectivity index (χ2n) is 6.46. The average molecular weight is 254 g/mol. The van der Waals surface area contributed by atoms with Crippen molar-refractivity contribution in [3.8, 4) is 0 Å². The molecule has 0 bridgehead atoms. The van der Waals surface area contributed by atoms with Crippen LogP contribution in [0.3, 0.4) is 0 Å². The van der Waals surface area contributed by atoms with E-state index in [-0.39, 0.29) is 5.60 Å². The highest BCUT2D eigenvalue weighted by Gasteiger charge is 2.34. The number of nitrogens with one attached hydrogen (secondary N) is 1. The summed E-state index contributed by atoms with van der Waals surface area (Å²) in [4.78, 5) is 2.61. The van der Waals surface area contributed by atoms with Crippen LogP contribution >= 0.6 is 0 Å². The SMILES string of the molecule is CCCNC1CCN(CC2(C)CCCO2)CC1C. The number of nitrogens with zero attached hydrogens (tertiary/aromatic N) is 1. The summed E-state index contributed by atoms with van der Waals surface area (Å²) in [6.45, 7) is 12.6. The number of piperidine rings is 1. The molecule has 2 fully saturated rings. The number of hydrogen-bond acceptors (Lipinski definition) is 3. The second kappa shape index (κ2) is 6.36. The van der Waals surface area contributed by atoms with E-state index in [0.29, 0.717) is 0 Å². The molecule has 3 nitrogen and oxygen atoms in total. The lowest BCUT2D eigenvalue weighted by Crippen LogP contribution is -2.52. The molecule has 0 aliphatic carbocycles. The molecule has 0 amide bonds. The smallest absolute Gasteiger partial charge is 0.0781 e. The van der Waals surface area contributed by atoms with Crippen molar-refractivity contribution in [1.82, 2.24) is 10.2 Å². The molecule has 106 valence electrons. The zero-order valence-corrected chi connectivity index (χ0v) is 12.4. The van der Waals surface area contributed by atoms with E-state index in [9.17, 15) is 0 Å². The fraction of sp³-hybridized carbons (Fsp3) is 1.00. The van der Waals surface area contributed by atoms with Gasteiger partial charge in [-0.3, -0.25) is 0 Å². The fourth-order valence-corrected chi connectivity index (χ4v) is 3.44. The molecular weight excluding hydrogens is 224 g/mol. The van der Waals surface area contributed by atoms with Gasteiger partial charge in [0.05, 0.1) is 5.60 Å². The zero-order chi connectivity index (χ0) is 13.0. The molecule has 1 N–H and O–H groups in total. The van der Waals surface area contributed by atoms with Gasteiger partial charge in [0.25, 0.3) is 0 Å². The lowest BCUT2D eigenvalue weighted by molar-refractivity contribution is -0.0197. The van der Waals surface area contributed by atoms with Gasteiger partial charge >= 0.3 is 0 Å². The summed E-state index contributed by atoms with van der Waals surface area (Å²) in [6.07, 6.45) is 4.99. The Morgan fingerprint density at radius 3 is 2.89 bits per heavy atom. The van der Waals surface area contributed by atoms with Crippen LogP contribution in [-0.4, -0.2) is 49.3 Å². The van der Waals surface area contributed by atoms with Gasteiger partial charge in [0.2, 0.25) is 0 Å². The molecule has 2 heterocycles. The van der Waals surface area contributed by atoms with Gasteiger partial charge in [-0.1, -0.05) is 13.8 Å². The molecule has 3 unspecified atom stereocenters. The maximum Gasteiger partial charge on any atom is 0.0781 e. The number of rotatable bonds is 5. The molecule has 2 rings (SSSR count). The van der Waals surface area contributed by atoms with E-state index < -0.39 is 0 Å². The van der Waals surface area contributed by atoms with Crippen LogP contribution in [0.2, 0.25) is 0 Å². The van der Waals surface area contributed by atoms with Crippen molar-refractivity contribution in [2.75, 3.05) is 32.8 Å². The largest absolute Gasteiger partial charge is 0.374 e. The third-order valence-corrected chi connectivity index (χ3v) is 4.50. The normalized spacial score (nSPS) is 38.2. The molecule has 0 saturated carbocycles. The molecule has 0 aromatic carbocycles. The Kier molecular flexibility index (Phi) is 5.05. The van der Waals surface area contributed by atoms with Crippen LogP contribution in [0.25, 0.3) is 0 Å². The van der Waals surface area contributed by atoms with Crippen LogP contribution in [0.1, 0.15) is 46.5 Å². The Morgan fingerprint density at radius 2 is 2.28 bits per heavy atom. The maximum atomic E-state index is 5.91. The van der Waals surface area contributed by atoms with E-state index in [2.05, 4.69) is 31.0 Å². The van der Waals surface area contributed by atoms with E-state index in [0.717, 1.165) is 31.7 Å². The van der Waals surface area contributed by atoms with E-state index in [1.807, 2.05) is 0 Å². The van der Waals surface area contributed by atoms with Crippen molar-refractivity contribution in [2.45, 2.75) is 58.1 Å². The van der Waals surface area contributed by atoms with Crippen LogP contribution in [0.5, 0.6) is 0 Å². The van der Waals surface area contributed by atoms with E-state index >= 15 is 0 Å². The third kappa shape index (κ3) is 3.69. The lowest BCUT2D eigenvalue weighted by atomic mass is 9.92. The zero-order valence-electron chi connectivity index (χ0n) is 12.4. The molecule has 18 heavy (non-hydrogen) atoms. The summed E-state index contributed by atoms with van der Waals surface area (Å²) in [5, 5.41) is 3.69. The molecule has 3 heteroatoms. The first kappa shape index (κ1) is 14.3. The fourth-order valence-electron chi connectivity index (χ4n) is 3.44. The Balaban J connectivity index is 1.77. The molecule has 0 aromatic heterocycles. The molecule has 0 spiro atoms. The minimum atomic E-state index is 0.128. The van der Waals surface area contributed by atoms with Crippen molar-refractivity contribution in [3.05, 3.63) is 0 Å². The highest BCUT2D eigenvalue weighted by Crippen LogP contribution is 2.28. The standard InChI is InChI=1S/C15H30N2O/c1-4-8-16-14-6-9-17(11-13(14)2)12-15(3)7-5-10-18-15/h13-14,16H,4-12H2,1-3H3. The first-order valence-electron chi connectivity index (χ1n) is 7.73. The summed E-state index contributed by atoms with van der Waals surface area (Å²) in [5.74, 6) is 0.760. The van der Waals surface area contributed by atoms with Crippen molar-refractivity contribution < 1.29 is 4.74 Å². The summed E-state index contributed by atoms with van der Waals surface area (Å²) < 4.78 is 5.91. The van der Waals surface area contributed by atoms with Gasteiger partial charge in [-0.05, 0) is 51.6 Å². The topological polar surface area (TPSA) is 24.5 Å². The predicted molar refractivity (Wildman–Crippen MR) is 75.9 cm³/mol. The van der Waals surface area contributed by atoms with E-state index in [4.69, 9.17) is 4.74 Å². The first-order valence-corrected chi connectivity index (χ1v) is 7.73. The summed E-state index contributed by atoms with van der Waals surface area (Å²) in [6, 6.07) is 0.721. The lowest BCUT2D eigenvalue weighted by Gasteiger charge is -2.40. The number of hydrogen-bond donors (Lipinski definition) is 1. The van der Waals surface area contributed by atoms with Crippen molar-refractivity contribution >= 4 is 0 Å². The highest BCUT2D eigenvalue weighted by molar-refractivity contribution is 4.89. The Hall–Kier alpha value is -0.120. The van der Waals surface area contributed by atoms with E-state index in [1.165, 1.54) is 38.8 Å². The number of likely N-dealkylation sites (tertiary alicyclic amines) is 1. The highest BCUT2D eigenvalue weighted by atomic mass is 16.5. The monoisotopic (exact) mass is 254 g/mol. The van der Waals surface area contributed by atoms with E-state index in [1.54, 1.807) is 0 Å². The van der Waals surface area contributed by atoms with Gasteiger partial charge in [0.15, 0.2) is 0 Å². The summed E-state index contributed by atoms with van der Waals surface area (Å²) in [7, 11) is 0. The van der Waals surface area contributed by atoms with Crippen molar-refractivity contribution in [3.63, 3.8) is 0 Å².